The first-order valence-corrected chi connectivity index (χ1v) is 10.9. The summed E-state index contributed by atoms with van der Waals surface area (Å²) in [4.78, 5) is 24.1. The molecule has 0 bridgehead atoms. The van der Waals surface area contributed by atoms with Gasteiger partial charge in [0.15, 0.2) is 5.82 Å². The highest BCUT2D eigenvalue weighted by Crippen LogP contribution is 2.32. The summed E-state index contributed by atoms with van der Waals surface area (Å²) in [6.07, 6.45) is 5.63. The summed E-state index contributed by atoms with van der Waals surface area (Å²) in [6, 6.07) is 6.60. The van der Waals surface area contributed by atoms with Gasteiger partial charge in [0.05, 0.1) is 17.4 Å². The zero-order chi connectivity index (χ0) is 20.8. The van der Waals surface area contributed by atoms with Gasteiger partial charge in [-0.25, -0.2) is 9.47 Å². The molecule has 1 aromatic carbocycles. The standard InChI is InChI=1S/C20H27N5O3S/c1-13(2)28-19(27)15-8-10-16(11-9-15)22-17(26)12-29-20-24-23-18(25(20)21)14-6-4-3-5-7-14/h8-11,13-14H,3-7,12,21H2,1-2H3,(H,22,26). The number of rotatable bonds is 7. The number of ether oxygens (including phenoxy) is 1. The van der Waals surface area contributed by atoms with Crippen molar-refractivity contribution in [3.8, 4) is 0 Å². The van der Waals surface area contributed by atoms with Crippen LogP contribution < -0.4 is 11.2 Å². The summed E-state index contributed by atoms with van der Waals surface area (Å²) in [5, 5.41) is 11.7. The number of nitrogen functional groups attached to an aromatic ring is 1. The van der Waals surface area contributed by atoms with Gasteiger partial charge in [0.2, 0.25) is 11.1 Å². The second-order valence-electron chi connectivity index (χ2n) is 7.41. The second-order valence-corrected chi connectivity index (χ2v) is 8.36. The molecule has 0 aliphatic heterocycles. The molecule has 0 spiro atoms. The maximum atomic E-state index is 12.2. The Morgan fingerprint density at radius 1 is 1.21 bits per heavy atom. The molecular formula is C20H27N5O3S. The summed E-state index contributed by atoms with van der Waals surface area (Å²) in [7, 11) is 0. The van der Waals surface area contributed by atoms with Crippen LogP contribution in [-0.4, -0.2) is 38.6 Å². The van der Waals surface area contributed by atoms with Crippen LogP contribution in [0.1, 0.15) is 68.1 Å². The largest absolute Gasteiger partial charge is 0.459 e. The fraction of sp³-hybridized carbons (Fsp3) is 0.500. The van der Waals surface area contributed by atoms with Gasteiger partial charge in [-0.05, 0) is 51.0 Å². The van der Waals surface area contributed by atoms with Gasteiger partial charge >= 0.3 is 5.97 Å². The highest BCUT2D eigenvalue weighted by Gasteiger charge is 2.22. The Bertz CT molecular complexity index is 844. The molecule has 1 aliphatic carbocycles. The molecule has 2 aromatic rings. The van der Waals surface area contributed by atoms with Crippen molar-refractivity contribution in [1.82, 2.24) is 14.9 Å². The molecule has 0 radical (unpaired) electrons. The van der Waals surface area contributed by atoms with Crippen LogP contribution in [0.5, 0.6) is 0 Å². The van der Waals surface area contributed by atoms with Gasteiger partial charge in [-0.15, -0.1) is 10.2 Å². The molecule has 3 rings (SSSR count). The van der Waals surface area contributed by atoms with E-state index in [1.807, 2.05) is 0 Å². The molecule has 1 amide bonds. The lowest BCUT2D eigenvalue weighted by Crippen LogP contribution is -2.19. The average molecular weight is 418 g/mol. The Morgan fingerprint density at radius 3 is 2.55 bits per heavy atom. The number of amides is 1. The lowest BCUT2D eigenvalue weighted by Gasteiger charge is -2.20. The molecule has 1 heterocycles. The van der Waals surface area contributed by atoms with Crippen molar-refractivity contribution in [2.24, 2.45) is 0 Å². The number of esters is 1. The molecule has 1 aromatic heterocycles. The first kappa shape index (κ1) is 21.2. The van der Waals surface area contributed by atoms with Crippen molar-refractivity contribution in [2.45, 2.75) is 63.1 Å². The molecule has 156 valence electrons. The zero-order valence-electron chi connectivity index (χ0n) is 16.8. The summed E-state index contributed by atoms with van der Waals surface area (Å²) < 4.78 is 6.66. The number of hydrogen-bond donors (Lipinski definition) is 2. The van der Waals surface area contributed by atoms with Gasteiger partial charge in [-0.2, -0.15) is 0 Å². The van der Waals surface area contributed by atoms with E-state index in [9.17, 15) is 9.59 Å². The monoisotopic (exact) mass is 417 g/mol. The molecule has 0 atom stereocenters. The zero-order valence-corrected chi connectivity index (χ0v) is 17.6. The van der Waals surface area contributed by atoms with Gasteiger partial charge in [-0.1, -0.05) is 31.0 Å². The number of anilines is 1. The van der Waals surface area contributed by atoms with Gasteiger partial charge < -0.3 is 15.9 Å². The average Bonchev–Trinajstić information content (AvgIpc) is 3.07. The summed E-state index contributed by atoms with van der Waals surface area (Å²) >= 11 is 1.25. The van der Waals surface area contributed by atoms with Crippen LogP contribution >= 0.6 is 11.8 Å². The molecule has 9 heteroatoms. The number of nitrogens with two attached hydrogens (primary N) is 1. The van der Waals surface area contributed by atoms with Gasteiger partial charge in [0.25, 0.3) is 0 Å². The third-order valence-electron chi connectivity index (χ3n) is 4.74. The van der Waals surface area contributed by atoms with E-state index in [-0.39, 0.29) is 23.7 Å². The lowest BCUT2D eigenvalue weighted by molar-refractivity contribution is -0.113. The summed E-state index contributed by atoms with van der Waals surface area (Å²) in [5.74, 6) is 6.90. The van der Waals surface area contributed by atoms with E-state index in [2.05, 4.69) is 15.5 Å². The van der Waals surface area contributed by atoms with Crippen LogP contribution in [0.4, 0.5) is 5.69 Å². The molecule has 8 nitrogen and oxygen atoms in total. The SMILES string of the molecule is CC(C)OC(=O)c1ccc(NC(=O)CSc2nnc(C3CCCCC3)n2N)cc1. The van der Waals surface area contributed by atoms with Crippen LogP contribution in [0.3, 0.4) is 0 Å². The molecular weight excluding hydrogens is 390 g/mol. The van der Waals surface area contributed by atoms with Crippen LogP contribution in [-0.2, 0) is 9.53 Å². The first-order valence-electron chi connectivity index (χ1n) is 9.88. The number of nitrogens with one attached hydrogen (secondary N) is 1. The van der Waals surface area contributed by atoms with E-state index in [0.29, 0.717) is 22.3 Å². The van der Waals surface area contributed by atoms with Gasteiger partial charge in [0.1, 0.15) is 0 Å². The van der Waals surface area contributed by atoms with Crippen LogP contribution in [0, 0.1) is 0 Å². The summed E-state index contributed by atoms with van der Waals surface area (Å²) in [6.45, 7) is 3.59. The molecule has 1 saturated carbocycles. The Labute approximate surface area is 174 Å². The number of carbonyl (C=O) groups excluding carboxylic acids is 2. The number of benzene rings is 1. The number of aromatic nitrogens is 3. The van der Waals surface area contributed by atoms with Gasteiger partial charge in [-0.3, -0.25) is 4.79 Å². The predicted octanol–water partition coefficient (Wildman–Crippen LogP) is 3.34. The van der Waals surface area contributed by atoms with Crippen molar-refractivity contribution >= 4 is 29.3 Å². The Balaban J connectivity index is 1.51. The quantitative estimate of drug-likeness (QED) is 0.404. The van der Waals surface area contributed by atoms with Crippen LogP contribution in [0.15, 0.2) is 29.4 Å². The van der Waals surface area contributed by atoms with Crippen LogP contribution in [0.2, 0.25) is 0 Å². The molecule has 29 heavy (non-hydrogen) atoms. The fourth-order valence-electron chi connectivity index (χ4n) is 3.32. The van der Waals surface area contributed by atoms with E-state index < -0.39 is 0 Å². The number of thioether (sulfide) groups is 1. The number of nitrogens with zero attached hydrogens (tertiary/aromatic N) is 3. The van der Waals surface area contributed by atoms with Crippen molar-refractivity contribution in [2.75, 3.05) is 16.9 Å². The third kappa shape index (κ3) is 5.72. The Morgan fingerprint density at radius 2 is 1.90 bits per heavy atom. The number of carbonyl (C=O) groups is 2. The maximum absolute atomic E-state index is 12.2. The number of hydrogen-bond acceptors (Lipinski definition) is 7. The Kier molecular flexibility index (Phi) is 7.13. The normalized spacial score (nSPS) is 14.7. The highest BCUT2D eigenvalue weighted by atomic mass is 32.2. The Hall–Kier alpha value is -2.55. The minimum absolute atomic E-state index is 0.164. The molecule has 1 fully saturated rings. The van der Waals surface area contributed by atoms with Gasteiger partial charge in [0, 0.05) is 11.6 Å². The molecule has 3 N–H and O–H groups in total. The van der Waals surface area contributed by atoms with Crippen molar-refractivity contribution < 1.29 is 14.3 Å². The molecule has 0 unspecified atom stereocenters. The van der Waals surface area contributed by atoms with Crippen molar-refractivity contribution in [3.05, 3.63) is 35.7 Å². The van der Waals surface area contributed by atoms with Crippen molar-refractivity contribution in [3.63, 3.8) is 0 Å². The highest BCUT2D eigenvalue weighted by molar-refractivity contribution is 7.99. The van der Waals surface area contributed by atoms with E-state index in [4.69, 9.17) is 10.6 Å². The van der Waals surface area contributed by atoms with E-state index in [1.165, 1.54) is 35.7 Å². The van der Waals surface area contributed by atoms with E-state index in [1.54, 1.807) is 38.1 Å². The maximum Gasteiger partial charge on any atom is 0.338 e. The van der Waals surface area contributed by atoms with Crippen molar-refractivity contribution in [1.29, 1.82) is 0 Å². The van der Waals surface area contributed by atoms with E-state index >= 15 is 0 Å². The minimum Gasteiger partial charge on any atom is -0.459 e. The topological polar surface area (TPSA) is 112 Å². The van der Waals surface area contributed by atoms with E-state index in [0.717, 1.165) is 18.7 Å². The smallest absolute Gasteiger partial charge is 0.338 e. The fourth-order valence-corrected chi connectivity index (χ4v) is 3.99. The lowest BCUT2D eigenvalue weighted by atomic mass is 9.89. The third-order valence-corrected chi connectivity index (χ3v) is 5.68. The molecule has 0 saturated heterocycles. The van der Waals surface area contributed by atoms with Crippen LogP contribution in [0.25, 0.3) is 0 Å². The second kappa shape index (κ2) is 9.78. The summed E-state index contributed by atoms with van der Waals surface area (Å²) in [5.41, 5.74) is 1.05. The minimum atomic E-state index is -0.385. The predicted molar refractivity (Wildman–Crippen MR) is 112 cm³/mol. The first-order chi connectivity index (χ1) is 13.9. The molecule has 1 aliphatic rings.